The summed E-state index contributed by atoms with van der Waals surface area (Å²) in [4.78, 5) is 2.55. The lowest BCUT2D eigenvalue weighted by atomic mass is 9.83. The van der Waals surface area contributed by atoms with Crippen molar-refractivity contribution in [2.45, 2.75) is 65.0 Å². The highest BCUT2D eigenvalue weighted by Gasteiger charge is 2.37. The zero-order valence-electron chi connectivity index (χ0n) is 13.0. The monoisotopic (exact) mass is 260 g/mol. The van der Waals surface area contributed by atoms with Crippen molar-refractivity contribution in [2.24, 2.45) is 5.73 Å². The van der Waals surface area contributed by atoms with Crippen LogP contribution < -0.4 is 10.6 Å². The van der Waals surface area contributed by atoms with Crippen LogP contribution in [0.15, 0.2) is 18.2 Å². The molecule has 2 heteroatoms. The maximum Gasteiger partial charge on any atom is 0.0496 e. The highest BCUT2D eigenvalue weighted by molar-refractivity contribution is 5.62. The number of hydrogen-bond donors (Lipinski definition) is 1. The first kappa shape index (κ1) is 14.4. The number of anilines is 1. The average Bonchev–Trinajstić information content (AvgIpc) is 2.33. The van der Waals surface area contributed by atoms with Gasteiger partial charge in [-0.1, -0.05) is 32.0 Å². The molecule has 0 aromatic heterocycles. The second kappa shape index (κ2) is 5.16. The second-order valence-corrected chi connectivity index (χ2v) is 6.72. The maximum absolute atomic E-state index is 6.37. The fourth-order valence-electron chi connectivity index (χ4n) is 3.23. The van der Waals surface area contributed by atoms with Crippen LogP contribution in [0.4, 0.5) is 5.69 Å². The van der Waals surface area contributed by atoms with Crippen LogP contribution in [0.3, 0.4) is 0 Å². The van der Waals surface area contributed by atoms with Gasteiger partial charge < -0.3 is 10.6 Å². The van der Waals surface area contributed by atoms with E-state index in [1.54, 1.807) is 0 Å². The topological polar surface area (TPSA) is 29.3 Å². The van der Waals surface area contributed by atoms with Gasteiger partial charge in [0.05, 0.1) is 0 Å². The molecule has 1 aromatic carbocycles. The summed E-state index contributed by atoms with van der Waals surface area (Å²) in [5.41, 5.74) is 10.6. The van der Waals surface area contributed by atoms with Crippen LogP contribution >= 0.6 is 0 Å². The molecular weight excluding hydrogens is 232 g/mol. The Balaban J connectivity index is 2.51. The lowest BCUT2D eigenvalue weighted by Crippen LogP contribution is -2.60. The van der Waals surface area contributed by atoms with Gasteiger partial charge >= 0.3 is 0 Å². The van der Waals surface area contributed by atoms with Crippen LogP contribution in [0.1, 0.15) is 57.6 Å². The molecule has 2 rings (SSSR count). The van der Waals surface area contributed by atoms with Gasteiger partial charge in [0.15, 0.2) is 0 Å². The lowest BCUT2D eigenvalue weighted by Gasteiger charge is -2.49. The van der Waals surface area contributed by atoms with E-state index in [4.69, 9.17) is 5.73 Å². The summed E-state index contributed by atoms with van der Waals surface area (Å²) < 4.78 is 0. The Bertz CT molecular complexity index is 449. The van der Waals surface area contributed by atoms with Crippen molar-refractivity contribution < 1.29 is 0 Å². The molecule has 1 heterocycles. The summed E-state index contributed by atoms with van der Waals surface area (Å²) in [6, 6.07) is 6.91. The van der Waals surface area contributed by atoms with E-state index in [0.717, 1.165) is 13.0 Å². The summed E-state index contributed by atoms with van der Waals surface area (Å²) in [6.45, 7) is 12.5. The fourth-order valence-corrected chi connectivity index (χ4v) is 3.23. The third-order valence-electron chi connectivity index (χ3n) is 4.66. The normalized spacial score (nSPS) is 22.9. The molecule has 0 saturated carbocycles. The maximum atomic E-state index is 6.37. The molecule has 1 unspecified atom stereocenters. The molecule has 1 saturated heterocycles. The molecule has 1 fully saturated rings. The average molecular weight is 260 g/mol. The molecule has 0 spiro atoms. The Kier molecular flexibility index (Phi) is 3.91. The van der Waals surface area contributed by atoms with Crippen LogP contribution in [-0.2, 0) is 0 Å². The van der Waals surface area contributed by atoms with Crippen molar-refractivity contribution in [2.75, 3.05) is 11.4 Å². The van der Waals surface area contributed by atoms with Gasteiger partial charge in [-0.3, -0.25) is 0 Å². The first-order chi connectivity index (χ1) is 8.85. The largest absolute Gasteiger partial charge is 0.364 e. The molecule has 2 nitrogen and oxygen atoms in total. The standard InChI is InChI=1S/C17H28N2/c1-12(2)14-9-6-8-13(3)16(14)19-11-7-10-15(18)17(19,4)5/h6,8-9,12,15H,7,10-11,18H2,1-5H3. The molecular formula is C17H28N2. The predicted octanol–water partition coefficient (Wildman–Crippen LogP) is 3.82. The smallest absolute Gasteiger partial charge is 0.0496 e. The Labute approximate surface area is 118 Å². The van der Waals surface area contributed by atoms with Crippen molar-refractivity contribution in [3.8, 4) is 0 Å². The summed E-state index contributed by atoms with van der Waals surface area (Å²) >= 11 is 0. The number of nitrogens with two attached hydrogens (primary N) is 1. The Morgan fingerprint density at radius 3 is 2.63 bits per heavy atom. The van der Waals surface area contributed by atoms with Gasteiger partial charge in [-0.15, -0.1) is 0 Å². The van der Waals surface area contributed by atoms with E-state index in [9.17, 15) is 0 Å². The first-order valence-electron chi connectivity index (χ1n) is 7.48. The van der Waals surface area contributed by atoms with Crippen LogP contribution in [0, 0.1) is 6.92 Å². The van der Waals surface area contributed by atoms with E-state index in [1.807, 2.05) is 0 Å². The second-order valence-electron chi connectivity index (χ2n) is 6.72. The quantitative estimate of drug-likeness (QED) is 0.875. The zero-order valence-corrected chi connectivity index (χ0v) is 13.0. The van der Waals surface area contributed by atoms with E-state index in [-0.39, 0.29) is 11.6 Å². The van der Waals surface area contributed by atoms with Crippen molar-refractivity contribution in [3.05, 3.63) is 29.3 Å². The van der Waals surface area contributed by atoms with Gasteiger partial charge in [0.25, 0.3) is 0 Å². The van der Waals surface area contributed by atoms with E-state index in [1.165, 1.54) is 23.2 Å². The molecule has 2 N–H and O–H groups in total. The molecule has 1 atom stereocenters. The van der Waals surface area contributed by atoms with E-state index >= 15 is 0 Å². The van der Waals surface area contributed by atoms with E-state index < -0.39 is 0 Å². The molecule has 1 aliphatic rings. The van der Waals surface area contributed by atoms with Crippen LogP contribution in [0.2, 0.25) is 0 Å². The number of rotatable bonds is 2. The fraction of sp³-hybridized carbons (Fsp3) is 0.647. The van der Waals surface area contributed by atoms with Crippen molar-refractivity contribution >= 4 is 5.69 Å². The number of nitrogens with zero attached hydrogens (tertiary/aromatic N) is 1. The Morgan fingerprint density at radius 2 is 2.00 bits per heavy atom. The predicted molar refractivity (Wildman–Crippen MR) is 83.9 cm³/mol. The van der Waals surface area contributed by atoms with Crippen molar-refractivity contribution in [1.29, 1.82) is 0 Å². The number of piperidine rings is 1. The summed E-state index contributed by atoms with van der Waals surface area (Å²) in [7, 11) is 0. The molecule has 106 valence electrons. The third-order valence-corrected chi connectivity index (χ3v) is 4.66. The van der Waals surface area contributed by atoms with Gasteiger partial charge in [0.2, 0.25) is 0 Å². The zero-order chi connectivity index (χ0) is 14.2. The summed E-state index contributed by atoms with van der Waals surface area (Å²) in [5, 5.41) is 0. The van der Waals surface area contributed by atoms with Crippen LogP contribution in [0.5, 0.6) is 0 Å². The lowest BCUT2D eigenvalue weighted by molar-refractivity contribution is 0.309. The number of benzene rings is 1. The summed E-state index contributed by atoms with van der Waals surface area (Å²) in [6.07, 6.45) is 2.32. The SMILES string of the molecule is Cc1cccc(C(C)C)c1N1CCCC(N)C1(C)C. The van der Waals surface area contributed by atoms with Gasteiger partial charge in [-0.25, -0.2) is 0 Å². The van der Waals surface area contributed by atoms with Crippen LogP contribution in [-0.4, -0.2) is 18.1 Å². The minimum atomic E-state index is 0.0357. The molecule has 0 radical (unpaired) electrons. The van der Waals surface area contributed by atoms with Gasteiger partial charge in [0, 0.05) is 23.8 Å². The number of hydrogen-bond acceptors (Lipinski definition) is 2. The van der Waals surface area contributed by atoms with Gasteiger partial charge in [-0.2, -0.15) is 0 Å². The summed E-state index contributed by atoms with van der Waals surface area (Å²) in [5.74, 6) is 0.545. The van der Waals surface area contributed by atoms with Crippen LogP contribution in [0.25, 0.3) is 0 Å². The number of aryl methyl sites for hydroxylation is 1. The van der Waals surface area contributed by atoms with Gasteiger partial charge in [-0.05, 0) is 50.7 Å². The highest BCUT2D eigenvalue weighted by Crippen LogP contribution is 2.38. The molecule has 0 aliphatic carbocycles. The molecule has 1 aliphatic heterocycles. The number of para-hydroxylation sites is 1. The molecule has 1 aromatic rings. The van der Waals surface area contributed by atoms with Crippen molar-refractivity contribution in [1.82, 2.24) is 0 Å². The molecule has 19 heavy (non-hydrogen) atoms. The van der Waals surface area contributed by atoms with E-state index in [0.29, 0.717) is 5.92 Å². The third kappa shape index (κ3) is 2.51. The molecule has 0 amide bonds. The minimum absolute atomic E-state index is 0.0357. The molecule has 0 bridgehead atoms. The highest BCUT2D eigenvalue weighted by atomic mass is 15.2. The van der Waals surface area contributed by atoms with E-state index in [2.05, 4.69) is 57.7 Å². The van der Waals surface area contributed by atoms with Crippen molar-refractivity contribution in [3.63, 3.8) is 0 Å². The minimum Gasteiger partial charge on any atom is -0.364 e. The Hall–Kier alpha value is -1.02. The van der Waals surface area contributed by atoms with Gasteiger partial charge in [0.1, 0.15) is 0 Å². The Morgan fingerprint density at radius 1 is 1.32 bits per heavy atom. The first-order valence-corrected chi connectivity index (χ1v) is 7.48.